The van der Waals surface area contributed by atoms with Gasteiger partial charge in [0.15, 0.2) is 9.78 Å². The van der Waals surface area contributed by atoms with Crippen molar-refractivity contribution >= 4 is 40.4 Å². The Balaban J connectivity index is 1.78. The van der Waals surface area contributed by atoms with Crippen molar-refractivity contribution in [3.05, 3.63) is 64.1 Å². The van der Waals surface area contributed by atoms with Crippen LogP contribution in [0.4, 0.5) is 5.82 Å². The minimum Gasteiger partial charge on any atom is -0.384 e. The second-order valence-electron chi connectivity index (χ2n) is 5.26. The number of imidazole rings is 1. The molecule has 23 heavy (non-hydrogen) atoms. The van der Waals surface area contributed by atoms with Crippen LogP contribution in [0.1, 0.15) is 5.56 Å². The molecule has 0 bridgehead atoms. The second-order valence-corrected chi connectivity index (χ2v) is 6.90. The summed E-state index contributed by atoms with van der Waals surface area (Å²) in [7, 11) is 0. The lowest BCUT2D eigenvalue weighted by molar-refractivity contribution is 0.812. The molecule has 3 N–H and O–H groups in total. The second kappa shape index (κ2) is 5.64. The Morgan fingerprint density at radius 2 is 1.83 bits per heavy atom. The summed E-state index contributed by atoms with van der Waals surface area (Å²) in [4.78, 5) is 8.83. The molecule has 2 aromatic carbocycles. The highest BCUT2D eigenvalue weighted by molar-refractivity contribution is 7.73. The van der Waals surface area contributed by atoms with Crippen molar-refractivity contribution in [2.75, 3.05) is 5.73 Å². The van der Waals surface area contributed by atoms with Crippen LogP contribution >= 0.6 is 23.6 Å². The van der Waals surface area contributed by atoms with Crippen LogP contribution in [0.25, 0.3) is 21.7 Å². The van der Waals surface area contributed by atoms with E-state index in [1.165, 1.54) is 16.9 Å². The van der Waals surface area contributed by atoms with Crippen molar-refractivity contribution in [3.63, 3.8) is 0 Å². The maximum atomic E-state index is 6.35. The summed E-state index contributed by atoms with van der Waals surface area (Å²) in [6.45, 7) is 0.669. The Morgan fingerprint density at radius 3 is 2.61 bits per heavy atom. The molecule has 0 spiro atoms. The molecule has 0 saturated heterocycles. The first-order chi connectivity index (χ1) is 11.2. The molecule has 114 valence electrons. The molecule has 0 radical (unpaired) electrons. The smallest absolute Gasteiger partial charge is 0.163 e. The lowest BCUT2D eigenvalue weighted by Crippen LogP contribution is -2.04. The van der Waals surface area contributed by atoms with Crippen LogP contribution < -0.4 is 5.73 Å². The van der Waals surface area contributed by atoms with Crippen molar-refractivity contribution in [1.29, 1.82) is 0 Å². The molecule has 4 rings (SSSR count). The van der Waals surface area contributed by atoms with E-state index in [4.69, 9.17) is 18.0 Å². The summed E-state index contributed by atoms with van der Waals surface area (Å²) >= 11 is 6.99. The largest absolute Gasteiger partial charge is 0.384 e. The zero-order valence-corrected chi connectivity index (χ0v) is 13.8. The van der Waals surface area contributed by atoms with Gasteiger partial charge in [0.2, 0.25) is 0 Å². The first-order valence-corrected chi connectivity index (χ1v) is 8.43. The lowest BCUT2D eigenvalue weighted by Gasteiger charge is -2.06. The Kier molecular flexibility index (Phi) is 3.48. The van der Waals surface area contributed by atoms with Gasteiger partial charge in [-0.1, -0.05) is 53.8 Å². The zero-order valence-electron chi connectivity index (χ0n) is 12.2. The normalized spacial score (nSPS) is 11.1. The van der Waals surface area contributed by atoms with Crippen molar-refractivity contribution < 1.29 is 0 Å². The number of nitrogens with one attached hydrogen (secondary N) is 1. The van der Waals surface area contributed by atoms with Gasteiger partial charge in [0.25, 0.3) is 0 Å². The fourth-order valence-electron chi connectivity index (χ4n) is 2.56. The predicted octanol–water partition coefficient (Wildman–Crippen LogP) is 4.45. The van der Waals surface area contributed by atoms with Crippen molar-refractivity contribution in [2.24, 2.45) is 0 Å². The quantitative estimate of drug-likeness (QED) is 0.542. The number of H-pyrrole nitrogens is 1. The molecule has 0 saturated carbocycles. The Morgan fingerprint density at radius 1 is 1.09 bits per heavy atom. The number of rotatable bonds is 3. The number of benzene rings is 2. The van der Waals surface area contributed by atoms with Gasteiger partial charge >= 0.3 is 0 Å². The summed E-state index contributed by atoms with van der Waals surface area (Å²) in [5.74, 6) is 1.43. The Labute approximate surface area is 142 Å². The average molecular weight is 338 g/mol. The Hall–Kier alpha value is -2.44. The third kappa shape index (κ3) is 2.56. The molecule has 0 unspecified atom stereocenters. The van der Waals surface area contributed by atoms with Crippen LogP contribution in [0.2, 0.25) is 0 Å². The molecule has 0 fully saturated rings. The van der Waals surface area contributed by atoms with E-state index in [1.807, 2.05) is 47.0 Å². The SMILES string of the molecule is Nc1c(-c2nc3ccccc3[nH]2)sc(=S)n1Cc1ccccc1. The van der Waals surface area contributed by atoms with Gasteiger partial charge in [0, 0.05) is 0 Å². The third-order valence-electron chi connectivity index (χ3n) is 3.72. The minimum atomic E-state index is 0.655. The summed E-state index contributed by atoms with van der Waals surface area (Å²) in [6, 6.07) is 18.1. The van der Waals surface area contributed by atoms with Gasteiger partial charge in [-0.05, 0) is 29.9 Å². The average Bonchev–Trinajstić information content (AvgIpc) is 3.12. The van der Waals surface area contributed by atoms with Crippen LogP contribution in [-0.2, 0) is 6.54 Å². The number of aromatic amines is 1. The molecule has 2 heterocycles. The molecular formula is C17H14N4S2. The highest BCUT2D eigenvalue weighted by Crippen LogP contribution is 2.32. The van der Waals surface area contributed by atoms with Crippen LogP contribution in [0.3, 0.4) is 0 Å². The summed E-state index contributed by atoms with van der Waals surface area (Å²) in [6.07, 6.45) is 0. The van der Waals surface area contributed by atoms with Gasteiger partial charge in [-0.2, -0.15) is 0 Å². The van der Waals surface area contributed by atoms with E-state index in [9.17, 15) is 0 Å². The number of aromatic nitrogens is 3. The molecular weight excluding hydrogens is 324 g/mol. The number of hydrogen-bond acceptors (Lipinski definition) is 4. The summed E-state index contributed by atoms with van der Waals surface area (Å²) in [5, 5.41) is 0. The number of fused-ring (bicyclic) bond motifs is 1. The van der Waals surface area contributed by atoms with Crippen LogP contribution in [0, 0.1) is 3.95 Å². The van der Waals surface area contributed by atoms with E-state index in [0.717, 1.165) is 25.7 Å². The summed E-state index contributed by atoms with van der Waals surface area (Å²) < 4.78 is 2.71. The van der Waals surface area contributed by atoms with Gasteiger partial charge in [0.05, 0.1) is 17.6 Å². The minimum absolute atomic E-state index is 0.655. The fraction of sp³-hybridized carbons (Fsp3) is 0.0588. The van der Waals surface area contributed by atoms with Crippen molar-refractivity contribution in [2.45, 2.75) is 6.54 Å². The predicted molar refractivity (Wildman–Crippen MR) is 98.2 cm³/mol. The number of nitrogen functional groups attached to an aromatic ring is 1. The molecule has 0 atom stereocenters. The number of nitrogens with two attached hydrogens (primary N) is 1. The van der Waals surface area contributed by atoms with Crippen LogP contribution in [0.15, 0.2) is 54.6 Å². The van der Waals surface area contributed by atoms with Gasteiger partial charge < -0.3 is 15.3 Å². The van der Waals surface area contributed by atoms with E-state index >= 15 is 0 Å². The highest BCUT2D eigenvalue weighted by atomic mass is 32.1. The molecule has 0 aliphatic heterocycles. The van der Waals surface area contributed by atoms with Gasteiger partial charge in [-0.3, -0.25) is 0 Å². The molecule has 0 aliphatic carbocycles. The lowest BCUT2D eigenvalue weighted by atomic mass is 10.2. The first kappa shape index (κ1) is 14.2. The molecule has 6 heteroatoms. The number of thiazole rings is 1. The zero-order chi connectivity index (χ0) is 15.8. The molecule has 4 aromatic rings. The molecule has 0 amide bonds. The monoisotopic (exact) mass is 338 g/mol. The fourth-order valence-corrected chi connectivity index (χ4v) is 3.83. The topological polar surface area (TPSA) is 59.6 Å². The van der Waals surface area contributed by atoms with Crippen LogP contribution in [-0.4, -0.2) is 14.5 Å². The number of nitrogens with zero attached hydrogens (tertiary/aromatic N) is 2. The number of hydrogen-bond donors (Lipinski definition) is 2. The van der Waals surface area contributed by atoms with Crippen molar-refractivity contribution in [3.8, 4) is 10.7 Å². The highest BCUT2D eigenvalue weighted by Gasteiger charge is 2.15. The van der Waals surface area contributed by atoms with E-state index in [2.05, 4.69) is 22.1 Å². The molecule has 2 aromatic heterocycles. The van der Waals surface area contributed by atoms with E-state index in [1.54, 1.807) is 0 Å². The Bertz CT molecular complexity index is 995. The van der Waals surface area contributed by atoms with Gasteiger partial charge in [0.1, 0.15) is 10.7 Å². The number of para-hydroxylation sites is 2. The first-order valence-electron chi connectivity index (χ1n) is 7.20. The van der Waals surface area contributed by atoms with E-state index in [-0.39, 0.29) is 0 Å². The standard InChI is InChI=1S/C17H14N4S2/c18-15-14(16-19-12-8-4-5-9-13(12)20-16)23-17(22)21(15)10-11-6-2-1-3-7-11/h1-9H,10,18H2,(H,19,20). The molecule has 4 nitrogen and oxygen atoms in total. The van der Waals surface area contributed by atoms with Crippen LogP contribution in [0.5, 0.6) is 0 Å². The number of anilines is 1. The maximum absolute atomic E-state index is 6.35. The van der Waals surface area contributed by atoms with E-state index in [0.29, 0.717) is 12.4 Å². The maximum Gasteiger partial charge on any atom is 0.163 e. The third-order valence-corrected chi connectivity index (χ3v) is 5.19. The van der Waals surface area contributed by atoms with Crippen molar-refractivity contribution in [1.82, 2.24) is 14.5 Å². The molecule has 0 aliphatic rings. The van der Waals surface area contributed by atoms with Gasteiger partial charge in [-0.25, -0.2) is 4.98 Å². The van der Waals surface area contributed by atoms with E-state index < -0.39 is 0 Å². The van der Waals surface area contributed by atoms with Gasteiger partial charge in [-0.15, -0.1) is 0 Å². The summed E-state index contributed by atoms with van der Waals surface area (Å²) in [5.41, 5.74) is 9.45.